The van der Waals surface area contributed by atoms with E-state index in [1.54, 1.807) is 30.3 Å². The molecule has 0 aromatic heterocycles. The van der Waals surface area contributed by atoms with Crippen LogP contribution in [0.15, 0.2) is 30.3 Å². The van der Waals surface area contributed by atoms with Gasteiger partial charge in [-0.15, -0.1) is 0 Å². The van der Waals surface area contributed by atoms with Crippen LogP contribution < -0.4 is 14.2 Å². The molecule has 194 valence electrons. The zero-order chi connectivity index (χ0) is 25.8. The Kier molecular flexibility index (Phi) is 5.91. The molecule has 0 spiro atoms. The number of benzene rings is 3. The summed E-state index contributed by atoms with van der Waals surface area (Å²) in [5, 5.41) is 51.4. The van der Waals surface area contributed by atoms with Crippen LogP contribution in [0.1, 0.15) is 27.0 Å². The van der Waals surface area contributed by atoms with Crippen molar-refractivity contribution in [2.75, 3.05) is 13.4 Å². The van der Waals surface area contributed by atoms with Gasteiger partial charge in [-0.2, -0.15) is 0 Å². The molecule has 4 atom stereocenters. The molecule has 0 bridgehead atoms. The van der Waals surface area contributed by atoms with Gasteiger partial charge in [0.1, 0.15) is 30.7 Å². The highest BCUT2D eigenvalue weighted by Crippen LogP contribution is 2.48. The van der Waals surface area contributed by atoms with Crippen LogP contribution in [-0.2, 0) is 29.3 Å². The fraction of sp³-hybridized carbons (Fsp3) is 0.346. The Labute approximate surface area is 210 Å². The van der Waals surface area contributed by atoms with E-state index in [0.29, 0.717) is 50.1 Å². The van der Waals surface area contributed by atoms with E-state index in [9.17, 15) is 30.3 Å². The molecule has 0 saturated carbocycles. The second-order valence-electron chi connectivity index (χ2n) is 9.05. The van der Waals surface area contributed by atoms with Gasteiger partial charge in [-0.25, -0.2) is 4.79 Å². The number of aliphatic hydroxyl groups is 5. The number of fused-ring (bicyclic) bond motifs is 3. The zero-order valence-corrected chi connectivity index (χ0v) is 19.4. The second kappa shape index (κ2) is 9.14. The highest BCUT2D eigenvalue weighted by molar-refractivity contribution is 6.13. The molecular weight excluding hydrogens is 488 g/mol. The SMILES string of the molecule is O=C1OCc2c1c(-c1ccc3c(c1)OCO3)c1cc(CO)c(CO)cc1c2OC1OC[C@@H](O)[C@H](O)[C@H]1O. The van der Waals surface area contributed by atoms with Gasteiger partial charge in [0.2, 0.25) is 13.1 Å². The van der Waals surface area contributed by atoms with Crippen molar-refractivity contribution in [2.45, 2.75) is 44.4 Å². The Morgan fingerprint density at radius 3 is 2.35 bits per heavy atom. The fourth-order valence-electron chi connectivity index (χ4n) is 5.00. The number of hydrogen-bond donors (Lipinski definition) is 5. The maximum atomic E-state index is 13.0. The summed E-state index contributed by atoms with van der Waals surface area (Å²) in [4.78, 5) is 13.0. The fourth-order valence-corrected chi connectivity index (χ4v) is 5.00. The Morgan fingerprint density at radius 2 is 1.59 bits per heavy atom. The topological polar surface area (TPSA) is 164 Å². The molecule has 3 aliphatic rings. The molecule has 0 amide bonds. The maximum Gasteiger partial charge on any atom is 0.339 e. The van der Waals surface area contributed by atoms with Crippen molar-refractivity contribution in [3.05, 3.63) is 52.6 Å². The lowest BCUT2D eigenvalue weighted by Gasteiger charge is -2.35. The van der Waals surface area contributed by atoms with Gasteiger partial charge in [-0.3, -0.25) is 0 Å². The van der Waals surface area contributed by atoms with Crippen LogP contribution >= 0.6 is 0 Å². The average Bonchev–Trinajstić information content (AvgIpc) is 3.54. The van der Waals surface area contributed by atoms with Gasteiger partial charge in [0, 0.05) is 16.5 Å². The van der Waals surface area contributed by atoms with Crippen molar-refractivity contribution in [3.8, 4) is 28.4 Å². The Bertz CT molecular complexity index is 1400. The number of esters is 1. The lowest BCUT2D eigenvalue weighted by atomic mass is 9.87. The van der Waals surface area contributed by atoms with Crippen LogP contribution in [-0.4, -0.2) is 69.5 Å². The number of cyclic esters (lactones) is 1. The molecular formula is C26H24O11. The van der Waals surface area contributed by atoms with Crippen molar-refractivity contribution < 1.29 is 54.0 Å². The lowest BCUT2D eigenvalue weighted by molar-refractivity contribution is -0.241. The predicted molar refractivity (Wildman–Crippen MR) is 125 cm³/mol. The van der Waals surface area contributed by atoms with Crippen molar-refractivity contribution in [1.82, 2.24) is 0 Å². The number of aliphatic hydroxyl groups excluding tert-OH is 5. The number of hydrogen-bond acceptors (Lipinski definition) is 11. The van der Waals surface area contributed by atoms with E-state index >= 15 is 0 Å². The molecule has 1 unspecified atom stereocenters. The van der Waals surface area contributed by atoms with Gasteiger partial charge >= 0.3 is 5.97 Å². The van der Waals surface area contributed by atoms with Gasteiger partial charge in [-0.1, -0.05) is 6.07 Å². The molecule has 1 fully saturated rings. The predicted octanol–water partition coefficient (Wildman–Crippen LogP) is 0.708. The summed E-state index contributed by atoms with van der Waals surface area (Å²) in [6.45, 7) is -1.06. The molecule has 0 aliphatic carbocycles. The van der Waals surface area contributed by atoms with E-state index in [4.69, 9.17) is 23.7 Å². The minimum absolute atomic E-state index is 0.0746. The molecule has 0 radical (unpaired) electrons. The summed E-state index contributed by atoms with van der Waals surface area (Å²) in [5.74, 6) is 0.640. The van der Waals surface area contributed by atoms with Gasteiger partial charge in [0.15, 0.2) is 11.5 Å². The first-order valence-electron chi connectivity index (χ1n) is 11.7. The molecule has 6 rings (SSSR count). The summed E-state index contributed by atoms with van der Waals surface area (Å²) in [6.07, 6.45) is -5.72. The molecule has 3 aromatic rings. The molecule has 11 nitrogen and oxygen atoms in total. The van der Waals surface area contributed by atoms with Crippen LogP contribution in [0.25, 0.3) is 21.9 Å². The van der Waals surface area contributed by atoms with E-state index in [-0.39, 0.29) is 44.5 Å². The normalized spacial score (nSPS) is 24.3. The zero-order valence-electron chi connectivity index (χ0n) is 19.4. The Balaban J connectivity index is 1.61. The second-order valence-corrected chi connectivity index (χ2v) is 9.05. The number of carbonyl (C=O) groups excluding carboxylic acids is 1. The molecule has 1 saturated heterocycles. The first-order chi connectivity index (χ1) is 17.9. The summed E-state index contributed by atoms with van der Waals surface area (Å²) in [5.41, 5.74) is 2.64. The van der Waals surface area contributed by atoms with Crippen LogP contribution in [0.5, 0.6) is 17.2 Å². The van der Waals surface area contributed by atoms with Crippen molar-refractivity contribution in [3.63, 3.8) is 0 Å². The molecule has 37 heavy (non-hydrogen) atoms. The minimum Gasteiger partial charge on any atom is -0.461 e. The third-order valence-electron chi connectivity index (χ3n) is 6.92. The minimum atomic E-state index is -1.57. The third-order valence-corrected chi connectivity index (χ3v) is 6.92. The molecule has 3 heterocycles. The highest BCUT2D eigenvalue weighted by Gasteiger charge is 2.41. The van der Waals surface area contributed by atoms with E-state index in [0.717, 1.165) is 0 Å². The summed E-state index contributed by atoms with van der Waals surface area (Å²) >= 11 is 0. The first-order valence-corrected chi connectivity index (χ1v) is 11.7. The van der Waals surface area contributed by atoms with E-state index in [1.807, 2.05) is 0 Å². The Hall–Kier alpha value is -3.45. The van der Waals surface area contributed by atoms with Crippen LogP contribution in [0.2, 0.25) is 0 Å². The number of ether oxygens (including phenoxy) is 5. The first kappa shape index (κ1) is 23.9. The van der Waals surface area contributed by atoms with E-state index in [1.165, 1.54) is 0 Å². The van der Waals surface area contributed by atoms with E-state index < -0.39 is 30.6 Å². The quantitative estimate of drug-likeness (QED) is 0.306. The van der Waals surface area contributed by atoms with Crippen LogP contribution in [0, 0.1) is 0 Å². The smallest absolute Gasteiger partial charge is 0.339 e. The van der Waals surface area contributed by atoms with Crippen molar-refractivity contribution in [2.24, 2.45) is 0 Å². The van der Waals surface area contributed by atoms with Crippen molar-refractivity contribution in [1.29, 1.82) is 0 Å². The summed E-state index contributed by atoms with van der Waals surface area (Å²) < 4.78 is 27.9. The Morgan fingerprint density at radius 1 is 0.865 bits per heavy atom. The standard InChI is InChI=1S/C26H24O11/c27-6-12-3-14-15(4-13(12)7-28)24(37-26-23(31)22(30)17(29)9-34-26)16-8-33-25(32)21(16)20(14)11-1-2-18-19(5-11)36-10-35-18/h1-5,17,22-23,26-31H,6-10H2/t17-,22+,23-,26?/m1/s1. The molecule has 5 N–H and O–H groups in total. The maximum absolute atomic E-state index is 13.0. The van der Waals surface area contributed by atoms with Gasteiger partial charge in [0.25, 0.3) is 0 Å². The number of carbonyl (C=O) groups is 1. The molecule has 11 heteroatoms. The third kappa shape index (κ3) is 3.79. The summed E-state index contributed by atoms with van der Waals surface area (Å²) in [6, 6.07) is 8.55. The monoisotopic (exact) mass is 512 g/mol. The molecule has 3 aromatic carbocycles. The van der Waals surface area contributed by atoms with Gasteiger partial charge in [0.05, 0.1) is 25.4 Å². The average molecular weight is 512 g/mol. The highest BCUT2D eigenvalue weighted by atomic mass is 16.7. The van der Waals surface area contributed by atoms with Gasteiger partial charge < -0.3 is 49.2 Å². The summed E-state index contributed by atoms with van der Waals surface area (Å²) in [7, 11) is 0. The van der Waals surface area contributed by atoms with E-state index in [2.05, 4.69) is 0 Å². The van der Waals surface area contributed by atoms with Crippen molar-refractivity contribution >= 4 is 16.7 Å². The lowest BCUT2D eigenvalue weighted by Crippen LogP contribution is -2.54. The van der Waals surface area contributed by atoms with Gasteiger partial charge in [-0.05, 0) is 46.3 Å². The number of rotatable bonds is 5. The van der Waals surface area contributed by atoms with Crippen LogP contribution in [0.3, 0.4) is 0 Å². The van der Waals surface area contributed by atoms with Crippen LogP contribution in [0.4, 0.5) is 0 Å². The molecule has 3 aliphatic heterocycles. The largest absolute Gasteiger partial charge is 0.461 e.